The third-order valence-corrected chi connectivity index (χ3v) is 4.47. The molecule has 0 aliphatic rings. The number of ether oxygens (including phenoxy) is 1. The van der Waals surface area contributed by atoms with Crippen molar-refractivity contribution < 1.29 is 14.3 Å². The number of hydrogen-bond acceptors (Lipinski definition) is 5. The zero-order chi connectivity index (χ0) is 22.9. The number of rotatable bonds is 9. The minimum absolute atomic E-state index is 0.0963. The number of pyridine rings is 1. The van der Waals surface area contributed by atoms with Gasteiger partial charge in [0.2, 0.25) is 5.91 Å². The molecule has 0 saturated heterocycles. The molecule has 2 aromatic rings. The lowest BCUT2D eigenvalue weighted by Gasteiger charge is -2.19. The van der Waals surface area contributed by atoms with Crippen LogP contribution in [0.25, 0.3) is 10.9 Å². The molecular formula is C23H31ClN4O3. The van der Waals surface area contributed by atoms with Gasteiger partial charge in [0, 0.05) is 24.9 Å². The van der Waals surface area contributed by atoms with Crippen LogP contribution in [0.2, 0.25) is 5.15 Å². The van der Waals surface area contributed by atoms with Gasteiger partial charge in [-0.1, -0.05) is 55.3 Å². The standard InChI is InChI=1S/C23H31ClN4O3/c1-5-6-13-18(29)28-20-19(16-11-7-8-12-17(16)27-21(20)24)25-14-9-10-15-26-22(30)31-23(2,3)4/h7-12H,5-6,13-15H2,1-4H3,(H,25,27)(H,26,30)(H,28,29)/b10-9+. The number of aromatic nitrogens is 1. The van der Waals surface area contributed by atoms with Gasteiger partial charge in [-0.05, 0) is 33.3 Å². The van der Waals surface area contributed by atoms with Crippen molar-refractivity contribution in [2.75, 3.05) is 23.7 Å². The Morgan fingerprint density at radius 3 is 2.55 bits per heavy atom. The number of halogens is 1. The predicted molar refractivity (Wildman–Crippen MR) is 127 cm³/mol. The summed E-state index contributed by atoms with van der Waals surface area (Å²) < 4.78 is 5.19. The first kappa shape index (κ1) is 24.5. The molecule has 0 saturated carbocycles. The van der Waals surface area contributed by atoms with Gasteiger partial charge in [-0.25, -0.2) is 9.78 Å². The van der Waals surface area contributed by atoms with Gasteiger partial charge >= 0.3 is 6.09 Å². The maximum absolute atomic E-state index is 12.3. The van der Waals surface area contributed by atoms with E-state index in [-0.39, 0.29) is 11.1 Å². The summed E-state index contributed by atoms with van der Waals surface area (Å²) in [6, 6.07) is 7.59. The zero-order valence-corrected chi connectivity index (χ0v) is 19.3. The van der Waals surface area contributed by atoms with E-state index in [1.807, 2.05) is 64.1 Å². The zero-order valence-electron chi connectivity index (χ0n) is 18.5. The highest BCUT2D eigenvalue weighted by Crippen LogP contribution is 2.35. The molecule has 0 aliphatic carbocycles. The Bertz CT molecular complexity index is 938. The third kappa shape index (κ3) is 8.09. The number of para-hydroxylation sites is 1. The molecule has 2 amide bonds. The summed E-state index contributed by atoms with van der Waals surface area (Å²) >= 11 is 6.39. The fourth-order valence-electron chi connectivity index (χ4n) is 2.80. The molecule has 2 rings (SSSR count). The van der Waals surface area contributed by atoms with E-state index in [4.69, 9.17) is 16.3 Å². The van der Waals surface area contributed by atoms with E-state index in [1.165, 1.54) is 0 Å². The lowest BCUT2D eigenvalue weighted by molar-refractivity contribution is -0.116. The Hall–Kier alpha value is -2.80. The molecule has 1 aromatic heterocycles. The lowest BCUT2D eigenvalue weighted by Crippen LogP contribution is -2.32. The summed E-state index contributed by atoms with van der Waals surface area (Å²) in [5.74, 6) is -0.0963. The van der Waals surface area contributed by atoms with E-state index in [0.29, 0.717) is 30.9 Å². The monoisotopic (exact) mass is 446 g/mol. The minimum Gasteiger partial charge on any atom is -0.444 e. The number of benzene rings is 1. The number of unbranched alkanes of at least 4 members (excludes halogenated alkanes) is 1. The fraction of sp³-hybridized carbons (Fsp3) is 0.435. The SMILES string of the molecule is CCCCC(=O)Nc1c(Cl)nc2ccccc2c1NC/C=C/CNC(=O)OC(C)(C)C. The number of fused-ring (bicyclic) bond motifs is 1. The summed E-state index contributed by atoms with van der Waals surface area (Å²) in [5, 5.41) is 9.98. The van der Waals surface area contributed by atoms with E-state index in [1.54, 1.807) is 0 Å². The van der Waals surface area contributed by atoms with Crippen molar-refractivity contribution in [3.05, 3.63) is 41.6 Å². The number of hydrogen-bond donors (Lipinski definition) is 3. The Morgan fingerprint density at radius 1 is 1.13 bits per heavy atom. The summed E-state index contributed by atoms with van der Waals surface area (Å²) in [4.78, 5) is 28.4. The maximum atomic E-state index is 12.3. The normalized spacial score (nSPS) is 11.5. The van der Waals surface area contributed by atoms with E-state index in [0.717, 1.165) is 23.7 Å². The smallest absolute Gasteiger partial charge is 0.407 e. The Kier molecular flexibility index (Phi) is 9.12. The number of anilines is 2. The molecule has 31 heavy (non-hydrogen) atoms. The van der Waals surface area contributed by atoms with Gasteiger partial charge in [0.15, 0.2) is 5.15 Å². The van der Waals surface area contributed by atoms with Crippen molar-refractivity contribution in [3.63, 3.8) is 0 Å². The summed E-state index contributed by atoms with van der Waals surface area (Å²) in [7, 11) is 0. The molecular weight excluding hydrogens is 416 g/mol. The molecule has 1 aromatic carbocycles. The largest absolute Gasteiger partial charge is 0.444 e. The van der Waals surface area contributed by atoms with Crippen molar-refractivity contribution in [3.8, 4) is 0 Å². The number of amides is 2. The van der Waals surface area contributed by atoms with Crippen molar-refractivity contribution in [2.24, 2.45) is 0 Å². The Morgan fingerprint density at radius 2 is 1.84 bits per heavy atom. The fourth-order valence-corrected chi connectivity index (χ4v) is 3.04. The number of nitrogens with zero attached hydrogens (tertiary/aromatic N) is 1. The van der Waals surface area contributed by atoms with Crippen LogP contribution < -0.4 is 16.0 Å². The van der Waals surface area contributed by atoms with E-state index >= 15 is 0 Å². The third-order valence-electron chi connectivity index (χ3n) is 4.20. The predicted octanol–water partition coefficient (Wildman–Crippen LogP) is 5.51. The van der Waals surface area contributed by atoms with Crippen LogP contribution in [0, 0.1) is 0 Å². The molecule has 8 heteroatoms. The first-order valence-corrected chi connectivity index (χ1v) is 10.8. The summed E-state index contributed by atoms with van der Waals surface area (Å²) in [6.07, 6.45) is 5.40. The average Bonchev–Trinajstić information content (AvgIpc) is 2.69. The van der Waals surface area contributed by atoms with Crippen LogP contribution in [0.15, 0.2) is 36.4 Å². The molecule has 0 aliphatic heterocycles. The second-order valence-electron chi connectivity index (χ2n) is 8.06. The van der Waals surface area contributed by atoms with Gasteiger partial charge in [-0.15, -0.1) is 0 Å². The molecule has 0 bridgehead atoms. The minimum atomic E-state index is -0.533. The van der Waals surface area contributed by atoms with Gasteiger partial charge in [0.25, 0.3) is 0 Å². The van der Waals surface area contributed by atoms with Crippen LogP contribution in [0.1, 0.15) is 47.0 Å². The van der Waals surface area contributed by atoms with Crippen LogP contribution in [0.3, 0.4) is 0 Å². The number of alkyl carbamates (subject to hydrolysis) is 1. The van der Waals surface area contributed by atoms with Crippen molar-refractivity contribution in [1.82, 2.24) is 10.3 Å². The second kappa shape index (κ2) is 11.6. The molecule has 0 fully saturated rings. The van der Waals surface area contributed by atoms with Crippen LogP contribution in [-0.4, -0.2) is 35.7 Å². The molecule has 0 unspecified atom stereocenters. The van der Waals surface area contributed by atoms with E-state index in [9.17, 15) is 9.59 Å². The molecule has 0 atom stereocenters. The molecule has 0 radical (unpaired) electrons. The Labute approximate surface area is 188 Å². The highest BCUT2D eigenvalue weighted by Gasteiger charge is 2.16. The number of nitrogens with one attached hydrogen (secondary N) is 3. The first-order chi connectivity index (χ1) is 14.7. The quantitative estimate of drug-likeness (QED) is 0.349. The van der Waals surface area contributed by atoms with Gasteiger partial charge < -0.3 is 20.7 Å². The Balaban J connectivity index is 2.08. The number of carbonyl (C=O) groups is 2. The summed E-state index contributed by atoms with van der Waals surface area (Å²) in [5.41, 5.74) is 1.39. The van der Waals surface area contributed by atoms with Gasteiger partial charge in [-0.3, -0.25) is 4.79 Å². The van der Waals surface area contributed by atoms with E-state index < -0.39 is 11.7 Å². The molecule has 0 spiro atoms. The van der Waals surface area contributed by atoms with Crippen LogP contribution in [-0.2, 0) is 9.53 Å². The average molecular weight is 447 g/mol. The molecule has 1 heterocycles. The van der Waals surface area contributed by atoms with Gasteiger partial charge in [0.05, 0.1) is 11.2 Å². The van der Waals surface area contributed by atoms with Gasteiger partial charge in [0.1, 0.15) is 11.3 Å². The first-order valence-electron chi connectivity index (χ1n) is 10.4. The molecule has 7 nitrogen and oxygen atoms in total. The number of carbonyl (C=O) groups excluding carboxylic acids is 2. The summed E-state index contributed by atoms with van der Waals surface area (Å²) in [6.45, 7) is 8.29. The molecule has 3 N–H and O–H groups in total. The maximum Gasteiger partial charge on any atom is 0.407 e. The van der Waals surface area contributed by atoms with Crippen LogP contribution in [0.5, 0.6) is 0 Å². The second-order valence-corrected chi connectivity index (χ2v) is 8.41. The lowest BCUT2D eigenvalue weighted by atomic mass is 10.1. The van der Waals surface area contributed by atoms with Crippen LogP contribution >= 0.6 is 11.6 Å². The van der Waals surface area contributed by atoms with Crippen LogP contribution in [0.4, 0.5) is 16.2 Å². The van der Waals surface area contributed by atoms with Crippen molar-refractivity contribution in [1.29, 1.82) is 0 Å². The highest BCUT2D eigenvalue weighted by atomic mass is 35.5. The van der Waals surface area contributed by atoms with Crippen molar-refractivity contribution in [2.45, 2.75) is 52.6 Å². The molecule has 168 valence electrons. The van der Waals surface area contributed by atoms with E-state index in [2.05, 4.69) is 20.9 Å². The van der Waals surface area contributed by atoms with Gasteiger partial charge in [-0.2, -0.15) is 0 Å². The van der Waals surface area contributed by atoms with Crippen molar-refractivity contribution >= 4 is 45.9 Å². The topological polar surface area (TPSA) is 92.4 Å². The highest BCUT2D eigenvalue weighted by molar-refractivity contribution is 6.34.